The minimum absolute atomic E-state index is 0.0109. The Bertz CT molecular complexity index is 1680. The molecule has 39 heavy (non-hydrogen) atoms. The number of rotatable bonds is 6. The SMILES string of the molecule is Cc1cc(CNC(=O)c2cc(C(=O)N[C@H]3CCc4c3ccc(C(=O)O)c4C)n3c(N)nc(N)c3n2)ccc1F. The predicted octanol–water partition coefficient (Wildman–Crippen LogP) is 2.70. The van der Waals surface area contributed by atoms with Crippen LogP contribution in [-0.2, 0) is 13.0 Å². The summed E-state index contributed by atoms with van der Waals surface area (Å²) in [5.74, 6) is -2.57. The molecule has 0 unspecified atom stereocenters. The van der Waals surface area contributed by atoms with Crippen molar-refractivity contribution in [3.05, 3.63) is 87.0 Å². The van der Waals surface area contributed by atoms with Crippen molar-refractivity contribution in [1.82, 2.24) is 25.0 Å². The number of carbonyl (C=O) groups is 3. The van der Waals surface area contributed by atoms with E-state index in [-0.39, 0.29) is 52.8 Å². The highest BCUT2D eigenvalue weighted by molar-refractivity contribution is 5.99. The topological polar surface area (TPSA) is 178 Å². The van der Waals surface area contributed by atoms with Gasteiger partial charge >= 0.3 is 5.97 Å². The first-order chi connectivity index (χ1) is 18.5. The van der Waals surface area contributed by atoms with E-state index in [0.717, 1.165) is 11.1 Å². The van der Waals surface area contributed by atoms with Crippen molar-refractivity contribution >= 4 is 35.2 Å². The molecule has 2 aromatic heterocycles. The molecule has 0 aliphatic heterocycles. The highest BCUT2D eigenvalue weighted by Crippen LogP contribution is 2.35. The number of benzene rings is 2. The quantitative estimate of drug-likeness (QED) is 0.252. The normalized spacial score (nSPS) is 14.3. The number of aryl methyl sites for hydroxylation is 1. The molecule has 0 bridgehead atoms. The number of nitrogens with one attached hydrogen (secondary N) is 2. The fraction of sp³-hybridized carbons (Fsp3) is 0.222. The fourth-order valence-electron chi connectivity index (χ4n) is 5.00. The molecule has 4 aromatic rings. The number of carbonyl (C=O) groups excluding carboxylic acids is 2. The van der Waals surface area contributed by atoms with E-state index in [1.54, 1.807) is 32.0 Å². The van der Waals surface area contributed by atoms with Crippen LogP contribution in [0.1, 0.15) is 71.6 Å². The maximum absolute atomic E-state index is 13.6. The molecule has 0 radical (unpaired) electrons. The standard InChI is InChI=1S/C27H26FN7O4/c1-12-9-14(3-7-18(12)28)11-31-24(36)20-10-21(35-23(32-20)22(29)34-27(35)30)25(37)33-19-8-6-15-13(2)16(26(38)39)4-5-17(15)19/h3-5,7,9-10,19H,6,8,11,29H2,1-2H3,(H2,30,34)(H,31,36)(H,33,37)(H,38,39)/t19-/m0/s1. The first-order valence-electron chi connectivity index (χ1n) is 12.2. The van der Waals surface area contributed by atoms with Crippen LogP contribution in [0.15, 0.2) is 36.4 Å². The molecule has 1 aliphatic rings. The largest absolute Gasteiger partial charge is 0.478 e. The number of aromatic carboxylic acids is 1. The van der Waals surface area contributed by atoms with Gasteiger partial charge in [0, 0.05) is 6.54 Å². The minimum Gasteiger partial charge on any atom is -0.478 e. The summed E-state index contributed by atoms with van der Waals surface area (Å²) >= 11 is 0. The predicted molar refractivity (Wildman–Crippen MR) is 141 cm³/mol. The first kappa shape index (κ1) is 25.6. The van der Waals surface area contributed by atoms with Crippen molar-refractivity contribution in [2.24, 2.45) is 0 Å². The van der Waals surface area contributed by atoms with Gasteiger partial charge in [0.1, 0.15) is 17.2 Å². The number of nitrogens with two attached hydrogens (primary N) is 2. The lowest BCUT2D eigenvalue weighted by molar-refractivity contribution is 0.0695. The van der Waals surface area contributed by atoms with Crippen LogP contribution in [0.25, 0.3) is 5.65 Å². The Morgan fingerprint density at radius 3 is 2.59 bits per heavy atom. The van der Waals surface area contributed by atoms with Crippen LogP contribution in [0, 0.1) is 19.7 Å². The van der Waals surface area contributed by atoms with Gasteiger partial charge in [-0.2, -0.15) is 4.98 Å². The van der Waals surface area contributed by atoms with E-state index in [4.69, 9.17) is 11.5 Å². The number of nitrogens with zero attached hydrogens (tertiary/aromatic N) is 3. The molecule has 1 aliphatic carbocycles. The van der Waals surface area contributed by atoms with E-state index in [2.05, 4.69) is 20.6 Å². The summed E-state index contributed by atoms with van der Waals surface area (Å²) in [5, 5.41) is 15.1. The molecule has 0 fully saturated rings. The third-order valence-electron chi connectivity index (χ3n) is 7.02. The maximum atomic E-state index is 13.6. The number of aromatic nitrogens is 3. The Morgan fingerprint density at radius 2 is 1.87 bits per heavy atom. The summed E-state index contributed by atoms with van der Waals surface area (Å²) in [6, 6.07) is 8.69. The Balaban J connectivity index is 1.44. The number of carboxylic acids is 1. The molecule has 2 amide bonds. The van der Waals surface area contributed by atoms with Gasteiger partial charge in [-0.25, -0.2) is 14.2 Å². The molecule has 0 saturated heterocycles. The zero-order valence-corrected chi connectivity index (χ0v) is 21.2. The maximum Gasteiger partial charge on any atom is 0.335 e. The number of anilines is 2. The minimum atomic E-state index is -1.00. The summed E-state index contributed by atoms with van der Waals surface area (Å²) in [7, 11) is 0. The zero-order valence-electron chi connectivity index (χ0n) is 21.2. The first-order valence-corrected chi connectivity index (χ1v) is 12.2. The van der Waals surface area contributed by atoms with Crippen molar-refractivity contribution in [3.63, 3.8) is 0 Å². The van der Waals surface area contributed by atoms with E-state index in [0.29, 0.717) is 29.5 Å². The van der Waals surface area contributed by atoms with Gasteiger partial charge in [-0.3, -0.25) is 14.0 Å². The number of imidazole rings is 1. The molecule has 2 heterocycles. The van der Waals surface area contributed by atoms with Gasteiger partial charge in [-0.05, 0) is 72.7 Å². The highest BCUT2D eigenvalue weighted by atomic mass is 19.1. The summed E-state index contributed by atoms with van der Waals surface area (Å²) in [5.41, 5.74) is 15.7. The Morgan fingerprint density at radius 1 is 1.10 bits per heavy atom. The number of hydrogen-bond donors (Lipinski definition) is 5. The van der Waals surface area contributed by atoms with Crippen molar-refractivity contribution in [3.8, 4) is 0 Å². The van der Waals surface area contributed by atoms with Crippen LogP contribution < -0.4 is 22.1 Å². The number of hydrogen-bond acceptors (Lipinski definition) is 7. The summed E-state index contributed by atoms with van der Waals surface area (Å²) in [6.07, 6.45) is 1.18. The van der Waals surface area contributed by atoms with E-state index in [1.165, 1.54) is 22.6 Å². The van der Waals surface area contributed by atoms with Gasteiger partial charge < -0.3 is 27.2 Å². The van der Waals surface area contributed by atoms with Crippen LogP contribution in [0.5, 0.6) is 0 Å². The van der Waals surface area contributed by atoms with E-state index in [1.807, 2.05) is 0 Å². The molecule has 11 nitrogen and oxygen atoms in total. The highest BCUT2D eigenvalue weighted by Gasteiger charge is 2.29. The smallest absolute Gasteiger partial charge is 0.335 e. The Kier molecular flexibility index (Phi) is 6.38. The molecule has 2 aromatic carbocycles. The average Bonchev–Trinajstić information content (AvgIpc) is 3.44. The third kappa shape index (κ3) is 4.60. The Labute approximate surface area is 222 Å². The molecular formula is C27H26FN7O4. The second-order valence-electron chi connectivity index (χ2n) is 9.48. The molecule has 200 valence electrons. The van der Waals surface area contributed by atoms with Gasteiger partial charge in [-0.1, -0.05) is 18.2 Å². The van der Waals surface area contributed by atoms with E-state index in [9.17, 15) is 23.9 Å². The van der Waals surface area contributed by atoms with Crippen molar-refractivity contribution in [1.29, 1.82) is 0 Å². The van der Waals surface area contributed by atoms with Crippen molar-refractivity contribution in [2.75, 3.05) is 11.5 Å². The lowest BCUT2D eigenvalue weighted by atomic mass is 9.98. The summed E-state index contributed by atoms with van der Waals surface area (Å²) < 4.78 is 14.9. The lowest BCUT2D eigenvalue weighted by Crippen LogP contribution is -2.30. The third-order valence-corrected chi connectivity index (χ3v) is 7.02. The molecule has 0 spiro atoms. The van der Waals surface area contributed by atoms with Crippen LogP contribution in [0.4, 0.5) is 16.2 Å². The van der Waals surface area contributed by atoms with Gasteiger partial charge in [0.25, 0.3) is 11.8 Å². The summed E-state index contributed by atoms with van der Waals surface area (Å²) in [4.78, 5) is 46.3. The monoisotopic (exact) mass is 531 g/mol. The molecule has 5 rings (SSSR count). The molecule has 0 saturated carbocycles. The average molecular weight is 532 g/mol. The lowest BCUT2D eigenvalue weighted by Gasteiger charge is -2.17. The van der Waals surface area contributed by atoms with Gasteiger partial charge in [0.05, 0.1) is 11.6 Å². The number of halogens is 1. The van der Waals surface area contributed by atoms with Gasteiger partial charge in [0.15, 0.2) is 11.5 Å². The molecule has 1 atom stereocenters. The number of fused-ring (bicyclic) bond motifs is 2. The number of carboxylic acid groups (broad SMARTS) is 1. The fourth-order valence-corrected chi connectivity index (χ4v) is 5.00. The zero-order chi connectivity index (χ0) is 28.0. The van der Waals surface area contributed by atoms with Crippen LogP contribution in [0.3, 0.4) is 0 Å². The van der Waals surface area contributed by atoms with E-state index < -0.39 is 17.8 Å². The molecule has 12 heteroatoms. The molecular weight excluding hydrogens is 505 g/mol. The summed E-state index contributed by atoms with van der Waals surface area (Å²) in [6.45, 7) is 3.50. The van der Waals surface area contributed by atoms with E-state index >= 15 is 0 Å². The number of nitrogen functional groups attached to an aromatic ring is 2. The second kappa shape index (κ2) is 9.71. The van der Waals surface area contributed by atoms with Crippen LogP contribution in [0.2, 0.25) is 0 Å². The Hall–Kier alpha value is -5.00. The molecule has 7 N–H and O–H groups in total. The second-order valence-corrected chi connectivity index (χ2v) is 9.48. The van der Waals surface area contributed by atoms with Gasteiger partial charge in [-0.15, -0.1) is 0 Å². The van der Waals surface area contributed by atoms with Crippen LogP contribution in [-0.4, -0.2) is 37.3 Å². The van der Waals surface area contributed by atoms with Gasteiger partial charge in [0.2, 0.25) is 5.95 Å². The van der Waals surface area contributed by atoms with Crippen molar-refractivity contribution in [2.45, 2.75) is 39.3 Å². The van der Waals surface area contributed by atoms with Crippen LogP contribution >= 0.6 is 0 Å². The van der Waals surface area contributed by atoms with Crippen molar-refractivity contribution < 1.29 is 23.9 Å². The number of amides is 2.